The van der Waals surface area contributed by atoms with Gasteiger partial charge >= 0.3 is 0 Å². The number of nitrogens with zero attached hydrogens (tertiary/aromatic N) is 2. The van der Waals surface area contributed by atoms with Crippen LogP contribution in [0.5, 0.6) is 0 Å². The highest BCUT2D eigenvalue weighted by molar-refractivity contribution is 5.06. The molecule has 1 unspecified atom stereocenters. The first kappa shape index (κ1) is 8.61. The Morgan fingerprint density at radius 1 is 1.54 bits per heavy atom. The predicted octanol–water partition coefficient (Wildman–Crippen LogP) is -0.897. The molecule has 6 nitrogen and oxygen atoms in total. The molecule has 1 aromatic rings. The lowest BCUT2D eigenvalue weighted by atomic mass is 10.00. The van der Waals surface area contributed by atoms with Crippen LogP contribution in [0.4, 0.5) is 0 Å². The number of rotatable bonds is 2. The fourth-order valence-electron chi connectivity index (χ4n) is 1.30. The minimum absolute atomic E-state index is 0.240. The van der Waals surface area contributed by atoms with Crippen LogP contribution in [-0.2, 0) is 16.8 Å². The van der Waals surface area contributed by atoms with Gasteiger partial charge in [-0.1, -0.05) is 5.16 Å². The van der Waals surface area contributed by atoms with E-state index < -0.39 is 5.54 Å². The summed E-state index contributed by atoms with van der Waals surface area (Å²) in [6, 6.07) is 0. The van der Waals surface area contributed by atoms with Gasteiger partial charge in [-0.2, -0.15) is 4.98 Å². The Morgan fingerprint density at radius 2 is 2.38 bits per heavy atom. The minimum atomic E-state index is -0.586. The molecule has 1 fully saturated rings. The van der Waals surface area contributed by atoms with Gasteiger partial charge in [-0.05, 0) is 6.42 Å². The van der Waals surface area contributed by atoms with Crippen LogP contribution in [0.2, 0.25) is 0 Å². The van der Waals surface area contributed by atoms with Crippen molar-refractivity contribution in [1.82, 2.24) is 10.1 Å². The maximum absolute atomic E-state index is 6.00. The van der Waals surface area contributed by atoms with E-state index in [1.165, 1.54) is 0 Å². The molecule has 1 atom stereocenters. The second-order valence-electron chi connectivity index (χ2n) is 3.17. The molecule has 1 aliphatic heterocycles. The van der Waals surface area contributed by atoms with Gasteiger partial charge in [0.1, 0.15) is 5.54 Å². The molecule has 0 radical (unpaired) electrons. The molecular formula is C7H12N4O2. The maximum atomic E-state index is 6.00. The highest BCUT2D eigenvalue weighted by Gasteiger charge is 2.36. The Kier molecular flexibility index (Phi) is 2.03. The number of hydrogen-bond acceptors (Lipinski definition) is 6. The molecule has 1 aromatic heterocycles. The van der Waals surface area contributed by atoms with Gasteiger partial charge in [-0.25, -0.2) is 0 Å². The second-order valence-corrected chi connectivity index (χ2v) is 3.17. The van der Waals surface area contributed by atoms with Crippen LogP contribution in [0, 0.1) is 0 Å². The second kappa shape index (κ2) is 3.06. The molecule has 13 heavy (non-hydrogen) atoms. The van der Waals surface area contributed by atoms with Crippen molar-refractivity contribution in [2.24, 2.45) is 11.5 Å². The van der Waals surface area contributed by atoms with Gasteiger partial charge < -0.3 is 20.7 Å². The predicted molar refractivity (Wildman–Crippen MR) is 43.5 cm³/mol. The molecule has 0 spiro atoms. The Balaban J connectivity index is 2.23. The lowest BCUT2D eigenvalue weighted by molar-refractivity contribution is 0.175. The SMILES string of the molecule is NCc1nc(C2(N)CCOC2)no1. The van der Waals surface area contributed by atoms with E-state index in [2.05, 4.69) is 10.1 Å². The van der Waals surface area contributed by atoms with Crippen LogP contribution >= 0.6 is 0 Å². The number of ether oxygens (including phenoxy) is 1. The smallest absolute Gasteiger partial charge is 0.240 e. The van der Waals surface area contributed by atoms with Crippen molar-refractivity contribution >= 4 is 0 Å². The van der Waals surface area contributed by atoms with Gasteiger partial charge in [0.15, 0.2) is 5.82 Å². The first-order chi connectivity index (χ1) is 6.24. The molecule has 0 bridgehead atoms. The number of nitrogens with two attached hydrogens (primary N) is 2. The highest BCUT2D eigenvalue weighted by atomic mass is 16.5. The average Bonchev–Trinajstić information content (AvgIpc) is 2.72. The van der Waals surface area contributed by atoms with Crippen LogP contribution < -0.4 is 11.5 Å². The zero-order valence-corrected chi connectivity index (χ0v) is 7.19. The topological polar surface area (TPSA) is 100 Å². The molecule has 2 rings (SSSR count). The third kappa shape index (κ3) is 1.43. The standard InChI is InChI=1S/C7H12N4O2/c8-3-5-10-6(11-13-5)7(9)1-2-12-4-7/h1-4,8-9H2. The zero-order valence-electron chi connectivity index (χ0n) is 7.19. The third-order valence-electron chi connectivity index (χ3n) is 2.14. The van der Waals surface area contributed by atoms with Crippen LogP contribution in [0.3, 0.4) is 0 Å². The summed E-state index contributed by atoms with van der Waals surface area (Å²) in [6.45, 7) is 1.32. The monoisotopic (exact) mass is 184 g/mol. The maximum Gasteiger partial charge on any atom is 0.240 e. The first-order valence-electron chi connectivity index (χ1n) is 4.14. The van der Waals surface area contributed by atoms with Crippen molar-refractivity contribution in [3.05, 3.63) is 11.7 Å². The van der Waals surface area contributed by atoms with E-state index in [1.54, 1.807) is 0 Å². The summed E-state index contributed by atoms with van der Waals surface area (Å²) < 4.78 is 10.0. The van der Waals surface area contributed by atoms with E-state index in [-0.39, 0.29) is 6.54 Å². The van der Waals surface area contributed by atoms with E-state index in [0.717, 1.165) is 6.42 Å². The Hall–Kier alpha value is -0.980. The van der Waals surface area contributed by atoms with Crippen LogP contribution in [0.1, 0.15) is 18.1 Å². The quantitative estimate of drug-likeness (QED) is 0.618. The van der Waals surface area contributed by atoms with Gasteiger partial charge in [-0.3, -0.25) is 0 Å². The molecular weight excluding hydrogens is 172 g/mol. The summed E-state index contributed by atoms with van der Waals surface area (Å²) in [6.07, 6.45) is 0.719. The van der Waals surface area contributed by atoms with Crippen molar-refractivity contribution in [3.63, 3.8) is 0 Å². The van der Waals surface area contributed by atoms with Crippen LogP contribution in [-0.4, -0.2) is 23.4 Å². The van der Waals surface area contributed by atoms with Gasteiger partial charge in [0.2, 0.25) is 5.89 Å². The summed E-state index contributed by atoms with van der Waals surface area (Å²) in [5.74, 6) is 0.900. The van der Waals surface area contributed by atoms with Crippen LogP contribution in [0.25, 0.3) is 0 Å². The van der Waals surface area contributed by atoms with Gasteiger partial charge in [0.05, 0.1) is 13.2 Å². The van der Waals surface area contributed by atoms with Gasteiger partial charge in [0.25, 0.3) is 0 Å². The van der Waals surface area contributed by atoms with Crippen molar-refractivity contribution in [2.75, 3.05) is 13.2 Å². The van der Waals surface area contributed by atoms with E-state index in [9.17, 15) is 0 Å². The summed E-state index contributed by atoms with van der Waals surface area (Å²) in [4.78, 5) is 4.07. The molecule has 4 N–H and O–H groups in total. The molecule has 0 saturated carbocycles. The molecule has 1 aliphatic rings. The van der Waals surface area contributed by atoms with Crippen LogP contribution in [0.15, 0.2) is 4.52 Å². The van der Waals surface area contributed by atoms with E-state index in [1.807, 2.05) is 0 Å². The Bertz CT molecular complexity index is 292. The summed E-state index contributed by atoms with van der Waals surface area (Å²) in [5.41, 5.74) is 10.7. The molecule has 1 saturated heterocycles. The molecule has 0 aromatic carbocycles. The molecule has 72 valence electrons. The van der Waals surface area contributed by atoms with E-state index in [4.69, 9.17) is 20.7 Å². The lowest BCUT2D eigenvalue weighted by Crippen LogP contribution is -2.38. The molecule has 0 amide bonds. The third-order valence-corrected chi connectivity index (χ3v) is 2.14. The van der Waals surface area contributed by atoms with Crippen molar-refractivity contribution in [2.45, 2.75) is 18.5 Å². The number of hydrogen-bond donors (Lipinski definition) is 2. The highest BCUT2D eigenvalue weighted by Crippen LogP contribution is 2.24. The van der Waals surface area contributed by atoms with Crippen molar-refractivity contribution in [1.29, 1.82) is 0 Å². The lowest BCUT2D eigenvalue weighted by Gasteiger charge is -2.15. The molecule has 6 heteroatoms. The summed E-state index contributed by atoms with van der Waals surface area (Å²) in [7, 11) is 0. The largest absolute Gasteiger partial charge is 0.379 e. The van der Waals surface area contributed by atoms with Crippen molar-refractivity contribution < 1.29 is 9.26 Å². The zero-order chi connectivity index (χ0) is 9.31. The van der Waals surface area contributed by atoms with Crippen molar-refractivity contribution in [3.8, 4) is 0 Å². The average molecular weight is 184 g/mol. The minimum Gasteiger partial charge on any atom is -0.379 e. The van der Waals surface area contributed by atoms with E-state index in [0.29, 0.717) is 24.9 Å². The fraction of sp³-hybridized carbons (Fsp3) is 0.714. The summed E-state index contributed by atoms with van der Waals surface area (Å²) in [5, 5.41) is 3.77. The number of aromatic nitrogens is 2. The summed E-state index contributed by atoms with van der Waals surface area (Å²) >= 11 is 0. The fourth-order valence-corrected chi connectivity index (χ4v) is 1.30. The van der Waals surface area contributed by atoms with Gasteiger partial charge in [-0.15, -0.1) is 0 Å². The molecule has 2 heterocycles. The normalized spacial score (nSPS) is 28.2. The Morgan fingerprint density at radius 3 is 2.92 bits per heavy atom. The molecule has 0 aliphatic carbocycles. The Labute approximate surface area is 75.2 Å². The first-order valence-corrected chi connectivity index (χ1v) is 4.14. The van der Waals surface area contributed by atoms with Gasteiger partial charge in [0, 0.05) is 6.61 Å². The van der Waals surface area contributed by atoms with E-state index >= 15 is 0 Å².